The van der Waals surface area contributed by atoms with Crippen LogP contribution in [0.2, 0.25) is 0 Å². The van der Waals surface area contributed by atoms with Crippen LogP contribution in [-0.4, -0.2) is 13.2 Å². The van der Waals surface area contributed by atoms with Gasteiger partial charge < -0.3 is 9.47 Å². The van der Waals surface area contributed by atoms with Gasteiger partial charge in [-0.05, 0) is 61.1 Å². The summed E-state index contributed by atoms with van der Waals surface area (Å²) in [5.74, 6) is 0. The lowest BCUT2D eigenvalue weighted by atomic mass is 9.89. The molecule has 0 atom stereocenters. The van der Waals surface area contributed by atoms with E-state index in [1.807, 2.05) is 0 Å². The number of rotatable bonds is 8. The first-order chi connectivity index (χ1) is 9.54. The molecule has 1 rings (SSSR count). The van der Waals surface area contributed by atoms with E-state index in [9.17, 15) is 0 Å². The molecular weight excluding hydrogens is 248 g/mol. The van der Waals surface area contributed by atoms with Crippen LogP contribution in [0.15, 0.2) is 25.3 Å². The van der Waals surface area contributed by atoms with E-state index in [0.717, 1.165) is 0 Å². The van der Waals surface area contributed by atoms with E-state index >= 15 is 0 Å². The highest BCUT2D eigenvalue weighted by molar-refractivity contribution is 5.49. The van der Waals surface area contributed by atoms with Gasteiger partial charge in [0.15, 0.2) is 0 Å². The van der Waals surface area contributed by atoms with Gasteiger partial charge in [0.05, 0.1) is 26.4 Å². The molecule has 0 amide bonds. The highest BCUT2D eigenvalue weighted by atomic mass is 16.5. The molecule has 0 radical (unpaired) electrons. The third kappa shape index (κ3) is 3.81. The predicted molar refractivity (Wildman–Crippen MR) is 85.1 cm³/mol. The number of hydrogen-bond acceptors (Lipinski definition) is 2. The molecule has 0 aliphatic rings. The largest absolute Gasteiger partial charge is 0.373 e. The van der Waals surface area contributed by atoms with E-state index in [1.54, 1.807) is 12.2 Å². The molecule has 0 saturated heterocycles. The van der Waals surface area contributed by atoms with Crippen molar-refractivity contribution in [3.8, 4) is 0 Å². The summed E-state index contributed by atoms with van der Waals surface area (Å²) in [6, 6.07) is 0. The van der Waals surface area contributed by atoms with E-state index < -0.39 is 0 Å². The van der Waals surface area contributed by atoms with Crippen molar-refractivity contribution in [2.24, 2.45) is 0 Å². The Morgan fingerprint density at radius 3 is 1.25 bits per heavy atom. The zero-order chi connectivity index (χ0) is 15.1. The zero-order valence-electron chi connectivity index (χ0n) is 13.2. The SMILES string of the molecule is C=CCOCc1c(C)c(C)c(COCC=C)c(C)c1C. The molecule has 0 unspecified atom stereocenters. The molecule has 0 bridgehead atoms. The van der Waals surface area contributed by atoms with Crippen molar-refractivity contribution in [1.29, 1.82) is 0 Å². The molecule has 0 N–H and O–H groups in total. The Bertz CT molecular complexity index is 413. The van der Waals surface area contributed by atoms with Crippen molar-refractivity contribution in [3.63, 3.8) is 0 Å². The van der Waals surface area contributed by atoms with Crippen LogP contribution in [0, 0.1) is 27.7 Å². The first-order valence-electron chi connectivity index (χ1n) is 6.99. The van der Waals surface area contributed by atoms with Gasteiger partial charge in [-0.25, -0.2) is 0 Å². The molecule has 20 heavy (non-hydrogen) atoms. The van der Waals surface area contributed by atoms with Crippen molar-refractivity contribution in [1.82, 2.24) is 0 Å². The monoisotopic (exact) mass is 274 g/mol. The minimum Gasteiger partial charge on any atom is -0.373 e. The molecule has 0 heterocycles. The van der Waals surface area contributed by atoms with Gasteiger partial charge in [0.25, 0.3) is 0 Å². The van der Waals surface area contributed by atoms with E-state index in [2.05, 4.69) is 40.9 Å². The zero-order valence-corrected chi connectivity index (χ0v) is 13.2. The van der Waals surface area contributed by atoms with Gasteiger partial charge in [-0.3, -0.25) is 0 Å². The summed E-state index contributed by atoms with van der Waals surface area (Å²) in [6.45, 7) is 18.4. The smallest absolute Gasteiger partial charge is 0.0726 e. The fraction of sp³-hybridized carbons (Fsp3) is 0.444. The average Bonchev–Trinajstić information content (AvgIpc) is 2.44. The fourth-order valence-corrected chi connectivity index (χ4v) is 2.39. The maximum Gasteiger partial charge on any atom is 0.0726 e. The van der Waals surface area contributed by atoms with E-state index in [4.69, 9.17) is 9.47 Å². The van der Waals surface area contributed by atoms with Crippen LogP contribution in [0.1, 0.15) is 33.4 Å². The first kappa shape index (κ1) is 16.7. The van der Waals surface area contributed by atoms with E-state index in [-0.39, 0.29) is 0 Å². The van der Waals surface area contributed by atoms with Crippen LogP contribution in [0.25, 0.3) is 0 Å². The molecule has 0 spiro atoms. The van der Waals surface area contributed by atoms with Crippen molar-refractivity contribution >= 4 is 0 Å². The summed E-state index contributed by atoms with van der Waals surface area (Å²) in [4.78, 5) is 0. The van der Waals surface area contributed by atoms with Crippen molar-refractivity contribution in [2.45, 2.75) is 40.9 Å². The molecule has 0 saturated carbocycles. The minimum atomic E-state index is 0.584. The maximum atomic E-state index is 5.62. The molecule has 0 aliphatic carbocycles. The lowest BCUT2D eigenvalue weighted by Crippen LogP contribution is -2.08. The second-order valence-electron chi connectivity index (χ2n) is 5.06. The summed E-state index contributed by atoms with van der Waals surface area (Å²) >= 11 is 0. The normalized spacial score (nSPS) is 10.6. The highest BCUT2D eigenvalue weighted by Gasteiger charge is 2.14. The Morgan fingerprint density at radius 1 is 0.700 bits per heavy atom. The molecular formula is C18H26O2. The molecule has 0 aromatic heterocycles. The molecule has 0 aliphatic heterocycles. The molecule has 1 aromatic rings. The molecule has 2 nitrogen and oxygen atoms in total. The van der Waals surface area contributed by atoms with E-state index in [0.29, 0.717) is 26.4 Å². The maximum absolute atomic E-state index is 5.62. The predicted octanol–water partition coefficient (Wildman–Crippen LogP) is 4.33. The van der Waals surface area contributed by atoms with Gasteiger partial charge in [-0.1, -0.05) is 12.2 Å². The Morgan fingerprint density at radius 2 is 1.00 bits per heavy atom. The highest BCUT2D eigenvalue weighted by Crippen LogP contribution is 2.27. The van der Waals surface area contributed by atoms with Gasteiger partial charge in [-0.2, -0.15) is 0 Å². The average molecular weight is 274 g/mol. The van der Waals surface area contributed by atoms with Crippen LogP contribution >= 0.6 is 0 Å². The van der Waals surface area contributed by atoms with Crippen LogP contribution in [0.3, 0.4) is 0 Å². The van der Waals surface area contributed by atoms with Gasteiger partial charge >= 0.3 is 0 Å². The number of ether oxygens (including phenoxy) is 2. The van der Waals surface area contributed by atoms with E-state index in [1.165, 1.54) is 33.4 Å². The second-order valence-corrected chi connectivity index (χ2v) is 5.06. The van der Waals surface area contributed by atoms with Crippen LogP contribution in [-0.2, 0) is 22.7 Å². The molecule has 2 heteroatoms. The Balaban J connectivity index is 3.06. The Labute approximate surface area is 123 Å². The second kappa shape index (κ2) is 8.03. The lowest BCUT2D eigenvalue weighted by molar-refractivity contribution is 0.145. The molecule has 0 fully saturated rings. The standard InChI is InChI=1S/C18H26O2/c1-7-9-19-11-17-13(3)15(5)18(12-20-10-8-2)16(6)14(17)4/h7-8H,1-2,9-12H2,3-6H3. The number of benzene rings is 1. The lowest BCUT2D eigenvalue weighted by Gasteiger charge is -2.20. The fourth-order valence-electron chi connectivity index (χ4n) is 2.39. The third-order valence-corrected chi connectivity index (χ3v) is 3.90. The third-order valence-electron chi connectivity index (χ3n) is 3.90. The van der Waals surface area contributed by atoms with Crippen molar-refractivity contribution in [3.05, 3.63) is 58.7 Å². The topological polar surface area (TPSA) is 18.5 Å². The number of hydrogen-bond donors (Lipinski definition) is 0. The van der Waals surface area contributed by atoms with Crippen molar-refractivity contribution < 1.29 is 9.47 Å². The van der Waals surface area contributed by atoms with Gasteiger partial charge in [-0.15, -0.1) is 13.2 Å². The summed E-state index contributed by atoms with van der Waals surface area (Å²) in [5, 5.41) is 0. The Hall–Kier alpha value is -1.38. The summed E-state index contributed by atoms with van der Waals surface area (Å²) < 4.78 is 11.2. The molecule has 110 valence electrons. The van der Waals surface area contributed by atoms with Crippen LogP contribution in [0.5, 0.6) is 0 Å². The summed E-state index contributed by atoms with van der Waals surface area (Å²) in [7, 11) is 0. The van der Waals surface area contributed by atoms with Gasteiger partial charge in [0.1, 0.15) is 0 Å². The molecule has 1 aromatic carbocycles. The van der Waals surface area contributed by atoms with Crippen LogP contribution in [0.4, 0.5) is 0 Å². The Kier molecular flexibility index (Phi) is 6.69. The van der Waals surface area contributed by atoms with Crippen molar-refractivity contribution in [2.75, 3.05) is 13.2 Å². The van der Waals surface area contributed by atoms with Gasteiger partial charge in [0.2, 0.25) is 0 Å². The summed E-state index contributed by atoms with van der Waals surface area (Å²) in [6.07, 6.45) is 3.56. The summed E-state index contributed by atoms with van der Waals surface area (Å²) in [5.41, 5.74) is 7.77. The first-order valence-corrected chi connectivity index (χ1v) is 6.99. The van der Waals surface area contributed by atoms with Crippen LogP contribution < -0.4 is 0 Å². The minimum absolute atomic E-state index is 0.584. The quantitative estimate of drug-likeness (QED) is 0.519. The van der Waals surface area contributed by atoms with Gasteiger partial charge in [0, 0.05) is 0 Å².